The van der Waals surface area contributed by atoms with Gasteiger partial charge in [-0.2, -0.15) is 0 Å². The number of carbonyl (C=O) groups excluding carboxylic acids is 2. The molecule has 108 valence electrons. The largest absolute Gasteiger partial charge is 0.492 e. The zero-order chi connectivity index (χ0) is 14.5. The standard InChI is InChI=1S/C14H19N3O3/c1-2-4-12-13(18)17(14(19)16-12)7-8-20-11-6-3-5-10(15)9-11/h3,5-6,9,12H,2,4,7-8,15H2,1H3,(H,16,19). The fraction of sp³-hybridized carbons (Fsp3) is 0.429. The second-order valence-electron chi connectivity index (χ2n) is 4.70. The van der Waals surface area contributed by atoms with Gasteiger partial charge >= 0.3 is 6.03 Å². The molecule has 0 radical (unpaired) electrons. The zero-order valence-electron chi connectivity index (χ0n) is 11.5. The quantitative estimate of drug-likeness (QED) is 0.607. The smallest absolute Gasteiger partial charge is 0.324 e. The summed E-state index contributed by atoms with van der Waals surface area (Å²) in [5.41, 5.74) is 6.25. The number of carbonyl (C=O) groups is 2. The number of hydrogen-bond acceptors (Lipinski definition) is 4. The van der Waals surface area contributed by atoms with E-state index in [1.807, 2.05) is 6.92 Å². The first-order chi connectivity index (χ1) is 9.61. The molecule has 1 aliphatic heterocycles. The van der Waals surface area contributed by atoms with Gasteiger partial charge in [-0.25, -0.2) is 4.79 Å². The average Bonchev–Trinajstić information content (AvgIpc) is 2.67. The van der Waals surface area contributed by atoms with Crippen LogP contribution in [0.15, 0.2) is 24.3 Å². The molecule has 1 fully saturated rings. The van der Waals surface area contributed by atoms with E-state index in [-0.39, 0.29) is 31.1 Å². The molecule has 1 atom stereocenters. The third kappa shape index (κ3) is 3.20. The molecule has 1 unspecified atom stereocenters. The molecule has 0 saturated carbocycles. The van der Waals surface area contributed by atoms with Gasteiger partial charge in [-0.3, -0.25) is 9.69 Å². The van der Waals surface area contributed by atoms with E-state index in [0.717, 1.165) is 6.42 Å². The molecule has 1 aromatic rings. The van der Waals surface area contributed by atoms with Gasteiger partial charge in [-0.15, -0.1) is 0 Å². The number of imide groups is 1. The van der Waals surface area contributed by atoms with Crippen molar-refractivity contribution in [2.75, 3.05) is 18.9 Å². The summed E-state index contributed by atoms with van der Waals surface area (Å²) in [5, 5.41) is 2.67. The first kappa shape index (κ1) is 14.2. The average molecular weight is 277 g/mol. The third-order valence-electron chi connectivity index (χ3n) is 3.13. The van der Waals surface area contributed by atoms with E-state index in [0.29, 0.717) is 17.9 Å². The second-order valence-corrected chi connectivity index (χ2v) is 4.70. The van der Waals surface area contributed by atoms with Gasteiger partial charge in [0.05, 0.1) is 6.54 Å². The molecule has 2 rings (SSSR count). The molecule has 3 amide bonds. The van der Waals surface area contributed by atoms with Gasteiger partial charge in [0.2, 0.25) is 0 Å². The first-order valence-corrected chi connectivity index (χ1v) is 6.72. The van der Waals surface area contributed by atoms with Gasteiger partial charge in [0.25, 0.3) is 5.91 Å². The minimum Gasteiger partial charge on any atom is -0.492 e. The van der Waals surface area contributed by atoms with Crippen LogP contribution in [0.3, 0.4) is 0 Å². The summed E-state index contributed by atoms with van der Waals surface area (Å²) in [6.07, 6.45) is 1.52. The maximum atomic E-state index is 12.0. The highest BCUT2D eigenvalue weighted by Gasteiger charge is 2.36. The number of benzene rings is 1. The predicted molar refractivity (Wildman–Crippen MR) is 75.3 cm³/mol. The zero-order valence-corrected chi connectivity index (χ0v) is 11.5. The molecule has 0 aliphatic carbocycles. The predicted octanol–water partition coefficient (Wildman–Crippen LogP) is 1.37. The Labute approximate surface area is 117 Å². The third-order valence-corrected chi connectivity index (χ3v) is 3.13. The van der Waals surface area contributed by atoms with E-state index in [1.165, 1.54) is 4.90 Å². The molecule has 1 heterocycles. The molecule has 20 heavy (non-hydrogen) atoms. The number of nitrogens with zero attached hydrogens (tertiary/aromatic N) is 1. The Bertz CT molecular complexity index is 504. The van der Waals surface area contributed by atoms with Crippen LogP contribution < -0.4 is 15.8 Å². The van der Waals surface area contributed by atoms with Crippen LogP contribution in [-0.4, -0.2) is 36.0 Å². The van der Waals surface area contributed by atoms with Gasteiger partial charge in [0, 0.05) is 11.8 Å². The van der Waals surface area contributed by atoms with Crippen molar-refractivity contribution in [2.45, 2.75) is 25.8 Å². The SMILES string of the molecule is CCCC1NC(=O)N(CCOc2cccc(N)c2)C1=O. The highest BCUT2D eigenvalue weighted by atomic mass is 16.5. The highest BCUT2D eigenvalue weighted by Crippen LogP contribution is 2.15. The number of nitrogen functional groups attached to an aromatic ring is 1. The Balaban J connectivity index is 1.85. The molecule has 1 aromatic carbocycles. The number of nitrogens with two attached hydrogens (primary N) is 1. The molecular weight excluding hydrogens is 258 g/mol. The van der Waals surface area contributed by atoms with Crippen LogP contribution in [0.25, 0.3) is 0 Å². The lowest BCUT2D eigenvalue weighted by atomic mass is 10.2. The summed E-state index contributed by atoms with van der Waals surface area (Å²) in [6.45, 7) is 2.46. The van der Waals surface area contributed by atoms with Crippen molar-refractivity contribution < 1.29 is 14.3 Å². The first-order valence-electron chi connectivity index (χ1n) is 6.72. The molecular formula is C14H19N3O3. The molecule has 0 aromatic heterocycles. The van der Waals surface area contributed by atoms with E-state index in [1.54, 1.807) is 24.3 Å². The van der Waals surface area contributed by atoms with Gasteiger partial charge in [-0.1, -0.05) is 19.4 Å². The number of anilines is 1. The van der Waals surface area contributed by atoms with E-state index < -0.39 is 0 Å². The van der Waals surface area contributed by atoms with Crippen LogP contribution in [0, 0.1) is 0 Å². The fourth-order valence-corrected chi connectivity index (χ4v) is 2.13. The van der Waals surface area contributed by atoms with E-state index in [2.05, 4.69) is 5.32 Å². The van der Waals surface area contributed by atoms with Gasteiger partial charge < -0.3 is 15.8 Å². The Morgan fingerprint density at radius 2 is 2.20 bits per heavy atom. The number of hydrogen-bond donors (Lipinski definition) is 2. The molecule has 3 N–H and O–H groups in total. The summed E-state index contributed by atoms with van der Waals surface area (Å²) in [6, 6.07) is 6.30. The monoisotopic (exact) mass is 277 g/mol. The van der Waals surface area contributed by atoms with Crippen molar-refractivity contribution in [1.29, 1.82) is 0 Å². The Kier molecular flexibility index (Phi) is 4.45. The molecule has 1 aliphatic rings. The van der Waals surface area contributed by atoms with E-state index >= 15 is 0 Å². The van der Waals surface area contributed by atoms with Crippen molar-refractivity contribution in [3.05, 3.63) is 24.3 Å². The minimum absolute atomic E-state index is 0.173. The molecule has 0 spiro atoms. The van der Waals surface area contributed by atoms with Crippen LogP contribution in [0.5, 0.6) is 5.75 Å². The second kappa shape index (κ2) is 6.27. The van der Waals surface area contributed by atoms with E-state index in [9.17, 15) is 9.59 Å². The van der Waals surface area contributed by atoms with Crippen LogP contribution in [-0.2, 0) is 4.79 Å². The molecule has 1 saturated heterocycles. The number of rotatable bonds is 6. The summed E-state index contributed by atoms with van der Waals surface area (Å²) in [5.74, 6) is 0.454. The van der Waals surface area contributed by atoms with Gasteiger partial charge in [-0.05, 0) is 18.6 Å². The summed E-state index contributed by atoms with van der Waals surface area (Å²) >= 11 is 0. The Morgan fingerprint density at radius 3 is 2.90 bits per heavy atom. The van der Waals surface area contributed by atoms with E-state index in [4.69, 9.17) is 10.5 Å². The molecule has 6 nitrogen and oxygen atoms in total. The van der Waals surface area contributed by atoms with Crippen LogP contribution in [0.4, 0.5) is 10.5 Å². The van der Waals surface area contributed by atoms with Crippen molar-refractivity contribution in [3.8, 4) is 5.75 Å². The van der Waals surface area contributed by atoms with Crippen LogP contribution in [0.1, 0.15) is 19.8 Å². The maximum Gasteiger partial charge on any atom is 0.324 e. The van der Waals surface area contributed by atoms with Crippen LogP contribution in [0.2, 0.25) is 0 Å². The van der Waals surface area contributed by atoms with Gasteiger partial charge in [0.15, 0.2) is 0 Å². The summed E-state index contributed by atoms with van der Waals surface area (Å²) in [7, 11) is 0. The van der Waals surface area contributed by atoms with Crippen molar-refractivity contribution in [2.24, 2.45) is 0 Å². The number of ether oxygens (including phenoxy) is 1. The number of urea groups is 1. The Hall–Kier alpha value is -2.24. The number of amides is 3. The summed E-state index contributed by atoms with van der Waals surface area (Å²) in [4.78, 5) is 24.9. The lowest BCUT2D eigenvalue weighted by Gasteiger charge is -2.13. The fourth-order valence-electron chi connectivity index (χ4n) is 2.13. The molecule has 0 bridgehead atoms. The summed E-state index contributed by atoms with van der Waals surface area (Å²) < 4.78 is 5.49. The maximum absolute atomic E-state index is 12.0. The van der Waals surface area contributed by atoms with Crippen molar-refractivity contribution in [3.63, 3.8) is 0 Å². The number of nitrogens with one attached hydrogen (secondary N) is 1. The topological polar surface area (TPSA) is 84.7 Å². The Morgan fingerprint density at radius 1 is 1.40 bits per heavy atom. The van der Waals surface area contributed by atoms with Gasteiger partial charge in [0.1, 0.15) is 18.4 Å². The van der Waals surface area contributed by atoms with Crippen molar-refractivity contribution in [1.82, 2.24) is 10.2 Å². The normalized spacial score (nSPS) is 18.2. The van der Waals surface area contributed by atoms with Crippen LogP contribution >= 0.6 is 0 Å². The highest BCUT2D eigenvalue weighted by molar-refractivity contribution is 6.04. The van der Waals surface area contributed by atoms with Crippen molar-refractivity contribution >= 4 is 17.6 Å². The lowest BCUT2D eigenvalue weighted by molar-refractivity contribution is -0.127. The molecule has 6 heteroatoms. The minimum atomic E-state index is -0.389. The lowest BCUT2D eigenvalue weighted by Crippen LogP contribution is -2.35.